The van der Waals surface area contributed by atoms with Gasteiger partial charge in [0.05, 0.1) is 6.54 Å². The predicted molar refractivity (Wildman–Crippen MR) is 75.4 cm³/mol. The van der Waals surface area contributed by atoms with Gasteiger partial charge in [-0.25, -0.2) is 0 Å². The Labute approximate surface area is 113 Å². The molecule has 3 nitrogen and oxygen atoms in total. The van der Waals surface area contributed by atoms with Gasteiger partial charge in [-0.1, -0.05) is 25.1 Å². The fourth-order valence-corrected chi connectivity index (χ4v) is 2.37. The van der Waals surface area contributed by atoms with Crippen molar-refractivity contribution in [2.75, 3.05) is 19.6 Å². The van der Waals surface area contributed by atoms with Gasteiger partial charge in [0.2, 0.25) is 5.78 Å². The number of carbonyl (C=O) groups excluding carboxylic acids is 1. The molecular formula is C16H19NO2. The van der Waals surface area contributed by atoms with Crippen molar-refractivity contribution >= 4 is 16.8 Å². The van der Waals surface area contributed by atoms with Crippen molar-refractivity contribution in [3.05, 3.63) is 36.1 Å². The quantitative estimate of drug-likeness (QED) is 0.744. The molecule has 1 aromatic heterocycles. The standard InChI is InChI=1S/C16H19NO2/c1-2-17(10-12-7-8-12)11-14(18)16-9-13-5-3-4-6-15(13)19-16/h3-6,9,12H,2,7-8,10-11H2,1H3. The van der Waals surface area contributed by atoms with Gasteiger partial charge in [-0.05, 0) is 37.4 Å². The average Bonchev–Trinajstić information content (AvgIpc) is 3.13. The average molecular weight is 257 g/mol. The number of hydrogen-bond donors (Lipinski definition) is 0. The Kier molecular flexibility index (Phi) is 3.38. The molecule has 3 rings (SSSR count). The van der Waals surface area contributed by atoms with E-state index in [0.29, 0.717) is 12.3 Å². The molecule has 0 saturated heterocycles. The second kappa shape index (κ2) is 5.17. The van der Waals surface area contributed by atoms with Crippen LogP contribution in [0.2, 0.25) is 0 Å². The van der Waals surface area contributed by atoms with Crippen LogP contribution in [0.25, 0.3) is 11.0 Å². The molecule has 0 atom stereocenters. The lowest BCUT2D eigenvalue weighted by molar-refractivity contribution is 0.0906. The van der Waals surface area contributed by atoms with Crippen molar-refractivity contribution < 1.29 is 9.21 Å². The van der Waals surface area contributed by atoms with Gasteiger partial charge in [-0.15, -0.1) is 0 Å². The Balaban J connectivity index is 1.71. The van der Waals surface area contributed by atoms with Crippen LogP contribution in [0, 0.1) is 5.92 Å². The minimum Gasteiger partial charge on any atom is -0.453 e. The second-order valence-electron chi connectivity index (χ2n) is 5.34. The van der Waals surface area contributed by atoms with Crippen molar-refractivity contribution in [3.8, 4) is 0 Å². The number of fused-ring (bicyclic) bond motifs is 1. The maximum atomic E-state index is 12.3. The van der Waals surface area contributed by atoms with E-state index in [0.717, 1.165) is 30.0 Å². The molecule has 0 aliphatic heterocycles. The monoisotopic (exact) mass is 257 g/mol. The molecule has 2 aromatic rings. The van der Waals surface area contributed by atoms with E-state index in [1.807, 2.05) is 30.3 Å². The van der Waals surface area contributed by atoms with E-state index in [9.17, 15) is 4.79 Å². The molecule has 1 aliphatic rings. The topological polar surface area (TPSA) is 33.5 Å². The van der Waals surface area contributed by atoms with E-state index in [1.165, 1.54) is 12.8 Å². The highest BCUT2D eigenvalue weighted by Crippen LogP contribution is 2.29. The number of para-hydroxylation sites is 1. The first kappa shape index (κ1) is 12.4. The van der Waals surface area contributed by atoms with Crippen LogP contribution >= 0.6 is 0 Å². The lowest BCUT2D eigenvalue weighted by Crippen LogP contribution is -2.31. The predicted octanol–water partition coefficient (Wildman–Crippen LogP) is 3.35. The van der Waals surface area contributed by atoms with Gasteiger partial charge < -0.3 is 4.42 Å². The number of benzene rings is 1. The summed E-state index contributed by atoms with van der Waals surface area (Å²) in [5.41, 5.74) is 0.788. The van der Waals surface area contributed by atoms with Crippen molar-refractivity contribution in [1.82, 2.24) is 4.90 Å². The molecule has 1 aromatic carbocycles. The molecule has 0 spiro atoms. The van der Waals surface area contributed by atoms with Gasteiger partial charge in [0.15, 0.2) is 5.76 Å². The highest BCUT2D eigenvalue weighted by molar-refractivity contribution is 5.98. The van der Waals surface area contributed by atoms with Crippen molar-refractivity contribution in [3.63, 3.8) is 0 Å². The Morgan fingerprint density at radius 3 is 2.84 bits per heavy atom. The number of hydrogen-bond acceptors (Lipinski definition) is 3. The van der Waals surface area contributed by atoms with Crippen molar-refractivity contribution in [1.29, 1.82) is 0 Å². The van der Waals surface area contributed by atoms with Gasteiger partial charge in [-0.2, -0.15) is 0 Å². The summed E-state index contributed by atoms with van der Waals surface area (Å²) >= 11 is 0. The molecule has 0 amide bonds. The van der Waals surface area contributed by atoms with Crippen LogP contribution in [0.5, 0.6) is 0 Å². The van der Waals surface area contributed by atoms with Crippen molar-refractivity contribution in [2.24, 2.45) is 5.92 Å². The van der Waals surface area contributed by atoms with Crippen LogP contribution in [0.4, 0.5) is 0 Å². The molecule has 3 heteroatoms. The van der Waals surface area contributed by atoms with Crippen LogP contribution in [-0.2, 0) is 0 Å². The molecule has 0 bridgehead atoms. The first-order valence-electron chi connectivity index (χ1n) is 7.00. The molecule has 19 heavy (non-hydrogen) atoms. The number of rotatable bonds is 6. The van der Waals surface area contributed by atoms with E-state index in [2.05, 4.69) is 11.8 Å². The minimum absolute atomic E-state index is 0.0821. The molecular weight excluding hydrogens is 238 g/mol. The van der Waals surface area contributed by atoms with E-state index in [-0.39, 0.29) is 5.78 Å². The van der Waals surface area contributed by atoms with Crippen LogP contribution in [0.1, 0.15) is 30.3 Å². The molecule has 1 fully saturated rings. The summed E-state index contributed by atoms with van der Waals surface area (Å²) in [6, 6.07) is 9.59. The highest BCUT2D eigenvalue weighted by atomic mass is 16.3. The summed E-state index contributed by atoms with van der Waals surface area (Å²) in [5, 5.41) is 0.996. The molecule has 0 unspecified atom stereocenters. The Morgan fingerprint density at radius 1 is 1.37 bits per heavy atom. The number of ketones is 1. The molecule has 0 N–H and O–H groups in total. The summed E-state index contributed by atoms with van der Waals surface area (Å²) in [6.07, 6.45) is 2.63. The third-order valence-corrected chi connectivity index (χ3v) is 3.73. The molecule has 1 saturated carbocycles. The number of carbonyl (C=O) groups is 1. The number of Topliss-reactive ketones (excluding diaryl/α,β-unsaturated/α-hetero) is 1. The summed E-state index contributed by atoms with van der Waals surface area (Å²) in [5.74, 6) is 1.37. The number of likely N-dealkylation sites (N-methyl/N-ethyl adjacent to an activating group) is 1. The highest BCUT2D eigenvalue weighted by Gasteiger charge is 2.25. The third kappa shape index (κ3) is 2.87. The smallest absolute Gasteiger partial charge is 0.211 e. The zero-order valence-electron chi connectivity index (χ0n) is 11.3. The number of nitrogens with zero attached hydrogens (tertiary/aromatic N) is 1. The fraction of sp³-hybridized carbons (Fsp3) is 0.438. The zero-order chi connectivity index (χ0) is 13.2. The largest absolute Gasteiger partial charge is 0.453 e. The van der Waals surface area contributed by atoms with Crippen LogP contribution in [0.3, 0.4) is 0 Å². The van der Waals surface area contributed by atoms with Crippen molar-refractivity contribution in [2.45, 2.75) is 19.8 Å². The zero-order valence-corrected chi connectivity index (χ0v) is 11.3. The SMILES string of the molecule is CCN(CC(=O)c1cc2ccccc2o1)CC1CC1. The Hall–Kier alpha value is -1.61. The summed E-state index contributed by atoms with van der Waals surface area (Å²) in [6.45, 7) is 4.53. The first-order valence-corrected chi connectivity index (χ1v) is 7.00. The maximum Gasteiger partial charge on any atom is 0.211 e. The van der Waals surface area contributed by atoms with Gasteiger partial charge in [0.1, 0.15) is 5.58 Å². The van der Waals surface area contributed by atoms with Gasteiger partial charge in [0.25, 0.3) is 0 Å². The molecule has 1 aliphatic carbocycles. The summed E-state index contributed by atoms with van der Waals surface area (Å²) in [7, 11) is 0. The van der Waals surface area contributed by atoms with Gasteiger partial charge in [-0.3, -0.25) is 9.69 Å². The Morgan fingerprint density at radius 2 is 2.16 bits per heavy atom. The van der Waals surface area contributed by atoms with Crippen LogP contribution in [-0.4, -0.2) is 30.3 Å². The molecule has 0 radical (unpaired) electrons. The van der Waals surface area contributed by atoms with E-state index >= 15 is 0 Å². The van der Waals surface area contributed by atoms with Gasteiger partial charge >= 0.3 is 0 Å². The summed E-state index contributed by atoms with van der Waals surface area (Å²) in [4.78, 5) is 14.5. The first-order chi connectivity index (χ1) is 9.26. The third-order valence-electron chi connectivity index (χ3n) is 3.73. The second-order valence-corrected chi connectivity index (χ2v) is 5.34. The minimum atomic E-state index is 0.0821. The summed E-state index contributed by atoms with van der Waals surface area (Å²) < 4.78 is 5.62. The van der Waals surface area contributed by atoms with E-state index in [4.69, 9.17) is 4.42 Å². The molecule has 1 heterocycles. The normalized spacial score (nSPS) is 15.3. The Bertz CT molecular complexity index is 550. The lowest BCUT2D eigenvalue weighted by Gasteiger charge is -2.18. The van der Waals surface area contributed by atoms with Crippen LogP contribution in [0.15, 0.2) is 34.7 Å². The lowest BCUT2D eigenvalue weighted by atomic mass is 10.2. The molecule has 100 valence electrons. The fourth-order valence-electron chi connectivity index (χ4n) is 2.37. The van der Waals surface area contributed by atoms with Gasteiger partial charge in [0, 0.05) is 11.9 Å². The van der Waals surface area contributed by atoms with E-state index < -0.39 is 0 Å². The van der Waals surface area contributed by atoms with Crippen LogP contribution < -0.4 is 0 Å². The van der Waals surface area contributed by atoms with E-state index in [1.54, 1.807) is 0 Å². The number of furan rings is 1. The maximum absolute atomic E-state index is 12.3.